The number of hydrogen-bond acceptors (Lipinski definition) is 3. The fourth-order valence-electron chi connectivity index (χ4n) is 1.91. The number of nitrogens with one attached hydrogen (secondary N) is 1. The summed E-state index contributed by atoms with van der Waals surface area (Å²) in [5, 5.41) is 4.22. The van der Waals surface area contributed by atoms with Crippen molar-refractivity contribution in [1.82, 2.24) is 5.32 Å². The summed E-state index contributed by atoms with van der Waals surface area (Å²) in [6.45, 7) is 8.27. The molecule has 0 fully saturated rings. The molecule has 0 spiro atoms. The first-order valence-electron chi connectivity index (χ1n) is 6.94. The van der Waals surface area contributed by atoms with E-state index in [9.17, 15) is 0 Å². The van der Waals surface area contributed by atoms with Crippen LogP contribution in [-0.2, 0) is 9.47 Å². The molecule has 1 N–H and O–H groups in total. The maximum Gasteiger partial charge on any atom is 0.176 e. The molecule has 1 aromatic carbocycles. The van der Waals surface area contributed by atoms with Crippen molar-refractivity contribution in [2.24, 2.45) is 0 Å². The summed E-state index contributed by atoms with van der Waals surface area (Å²) >= 11 is 5.94. The molecule has 0 saturated carbocycles. The van der Waals surface area contributed by atoms with Gasteiger partial charge in [-0.05, 0) is 44.5 Å². The van der Waals surface area contributed by atoms with E-state index in [-0.39, 0.29) is 12.3 Å². The number of hydrogen-bond donors (Lipinski definition) is 1. The molecule has 1 aromatic rings. The van der Waals surface area contributed by atoms with Gasteiger partial charge in [-0.3, -0.25) is 0 Å². The van der Waals surface area contributed by atoms with Gasteiger partial charge in [-0.15, -0.1) is 0 Å². The van der Waals surface area contributed by atoms with Gasteiger partial charge in [0, 0.05) is 18.2 Å². The minimum Gasteiger partial charge on any atom is -0.351 e. The van der Waals surface area contributed by atoms with Gasteiger partial charge in [0.25, 0.3) is 0 Å². The summed E-state index contributed by atoms with van der Waals surface area (Å²) in [6, 6.07) is 7.84. The Morgan fingerprint density at radius 1 is 1.05 bits per heavy atom. The summed E-state index contributed by atoms with van der Waals surface area (Å²) in [4.78, 5) is 0. The SMILES string of the molecule is CCCNC(c1ccc(Cl)cc1)C(OCC)OCC. The quantitative estimate of drug-likeness (QED) is 0.701. The third-order valence-electron chi connectivity index (χ3n) is 2.78. The summed E-state index contributed by atoms with van der Waals surface area (Å²) in [5.41, 5.74) is 1.13. The van der Waals surface area contributed by atoms with Crippen LogP contribution in [-0.4, -0.2) is 26.0 Å². The van der Waals surface area contributed by atoms with Gasteiger partial charge in [0.1, 0.15) is 0 Å². The molecule has 0 heterocycles. The van der Waals surface area contributed by atoms with E-state index in [2.05, 4.69) is 12.2 Å². The third-order valence-corrected chi connectivity index (χ3v) is 3.03. The summed E-state index contributed by atoms with van der Waals surface area (Å²) in [7, 11) is 0. The van der Waals surface area contributed by atoms with E-state index in [0.29, 0.717) is 13.2 Å². The van der Waals surface area contributed by atoms with Crippen molar-refractivity contribution in [3.05, 3.63) is 34.9 Å². The van der Waals surface area contributed by atoms with Crippen molar-refractivity contribution in [1.29, 1.82) is 0 Å². The molecule has 108 valence electrons. The van der Waals surface area contributed by atoms with Gasteiger partial charge in [0.05, 0.1) is 6.04 Å². The molecule has 0 aromatic heterocycles. The van der Waals surface area contributed by atoms with E-state index in [1.165, 1.54) is 0 Å². The average molecular weight is 286 g/mol. The fraction of sp³-hybridized carbons (Fsp3) is 0.600. The Morgan fingerprint density at radius 2 is 1.63 bits per heavy atom. The number of rotatable bonds is 9. The smallest absolute Gasteiger partial charge is 0.176 e. The van der Waals surface area contributed by atoms with E-state index in [1.807, 2.05) is 38.1 Å². The molecule has 1 unspecified atom stereocenters. The lowest BCUT2D eigenvalue weighted by molar-refractivity contribution is -0.155. The standard InChI is InChI=1S/C15H24ClNO2/c1-4-11-17-14(15(18-5-2)19-6-3)12-7-9-13(16)10-8-12/h7-10,14-15,17H,4-6,11H2,1-3H3. The Balaban J connectivity index is 2.86. The molecular weight excluding hydrogens is 262 g/mol. The Kier molecular flexibility index (Phi) is 8.07. The molecule has 1 atom stereocenters. The lowest BCUT2D eigenvalue weighted by Crippen LogP contribution is -2.36. The second-order valence-corrected chi connectivity index (χ2v) is 4.70. The summed E-state index contributed by atoms with van der Waals surface area (Å²) in [6.07, 6.45) is 0.789. The van der Waals surface area contributed by atoms with Crippen molar-refractivity contribution in [2.75, 3.05) is 19.8 Å². The molecule has 4 heteroatoms. The van der Waals surface area contributed by atoms with Crippen LogP contribution in [0.1, 0.15) is 38.8 Å². The van der Waals surface area contributed by atoms with Crippen molar-refractivity contribution in [3.63, 3.8) is 0 Å². The predicted octanol–water partition coefficient (Wildman–Crippen LogP) is 3.78. The van der Waals surface area contributed by atoms with Crippen LogP contribution in [0, 0.1) is 0 Å². The largest absolute Gasteiger partial charge is 0.351 e. The maximum absolute atomic E-state index is 5.94. The predicted molar refractivity (Wildman–Crippen MR) is 79.5 cm³/mol. The monoisotopic (exact) mass is 285 g/mol. The maximum atomic E-state index is 5.94. The zero-order valence-electron chi connectivity index (χ0n) is 12.0. The second-order valence-electron chi connectivity index (χ2n) is 4.26. The average Bonchev–Trinajstić information content (AvgIpc) is 2.41. The fourth-order valence-corrected chi connectivity index (χ4v) is 2.04. The molecular formula is C15H24ClNO2. The minimum atomic E-state index is -0.275. The van der Waals surface area contributed by atoms with E-state index < -0.39 is 0 Å². The van der Waals surface area contributed by atoms with Gasteiger partial charge < -0.3 is 14.8 Å². The van der Waals surface area contributed by atoms with Crippen molar-refractivity contribution in [2.45, 2.75) is 39.5 Å². The Morgan fingerprint density at radius 3 is 2.11 bits per heavy atom. The molecule has 0 amide bonds. The van der Waals surface area contributed by atoms with Crippen LogP contribution >= 0.6 is 11.6 Å². The molecule has 0 aliphatic carbocycles. The number of ether oxygens (including phenoxy) is 2. The first kappa shape index (κ1) is 16.4. The molecule has 0 saturated heterocycles. The topological polar surface area (TPSA) is 30.5 Å². The van der Waals surface area contributed by atoms with Crippen molar-refractivity contribution < 1.29 is 9.47 Å². The summed E-state index contributed by atoms with van der Waals surface area (Å²) < 4.78 is 11.4. The molecule has 0 aliphatic rings. The second kappa shape index (κ2) is 9.32. The van der Waals surface area contributed by atoms with Crippen LogP contribution in [0.2, 0.25) is 5.02 Å². The van der Waals surface area contributed by atoms with Gasteiger partial charge in [-0.2, -0.15) is 0 Å². The van der Waals surface area contributed by atoms with Crippen LogP contribution in [0.15, 0.2) is 24.3 Å². The summed E-state index contributed by atoms with van der Waals surface area (Å²) in [5.74, 6) is 0. The molecule has 1 rings (SSSR count). The molecule has 0 bridgehead atoms. The van der Waals surface area contributed by atoms with Crippen LogP contribution < -0.4 is 5.32 Å². The van der Waals surface area contributed by atoms with Crippen molar-refractivity contribution >= 4 is 11.6 Å². The van der Waals surface area contributed by atoms with Gasteiger partial charge in [-0.1, -0.05) is 30.7 Å². The first-order valence-corrected chi connectivity index (χ1v) is 7.32. The van der Waals surface area contributed by atoms with E-state index in [0.717, 1.165) is 23.6 Å². The Hall–Kier alpha value is -0.610. The van der Waals surface area contributed by atoms with E-state index >= 15 is 0 Å². The van der Waals surface area contributed by atoms with Crippen LogP contribution in [0.25, 0.3) is 0 Å². The van der Waals surface area contributed by atoms with E-state index in [1.54, 1.807) is 0 Å². The highest BCUT2D eigenvalue weighted by molar-refractivity contribution is 6.30. The van der Waals surface area contributed by atoms with Crippen LogP contribution in [0.3, 0.4) is 0 Å². The number of halogens is 1. The lowest BCUT2D eigenvalue weighted by Gasteiger charge is -2.28. The highest BCUT2D eigenvalue weighted by Crippen LogP contribution is 2.22. The lowest BCUT2D eigenvalue weighted by atomic mass is 10.1. The molecule has 0 radical (unpaired) electrons. The van der Waals surface area contributed by atoms with Gasteiger partial charge in [-0.25, -0.2) is 0 Å². The Bertz CT molecular complexity index is 337. The van der Waals surface area contributed by atoms with Crippen molar-refractivity contribution in [3.8, 4) is 0 Å². The van der Waals surface area contributed by atoms with Crippen LogP contribution in [0.5, 0.6) is 0 Å². The van der Waals surface area contributed by atoms with Gasteiger partial charge >= 0.3 is 0 Å². The van der Waals surface area contributed by atoms with Crippen LogP contribution in [0.4, 0.5) is 0 Å². The Labute approximate surface area is 121 Å². The number of benzene rings is 1. The normalized spacial score (nSPS) is 12.9. The first-order chi connectivity index (χ1) is 9.22. The van der Waals surface area contributed by atoms with E-state index in [4.69, 9.17) is 21.1 Å². The highest BCUT2D eigenvalue weighted by Gasteiger charge is 2.23. The third kappa shape index (κ3) is 5.49. The van der Waals surface area contributed by atoms with Gasteiger partial charge in [0.15, 0.2) is 6.29 Å². The zero-order chi connectivity index (χ0) is 14.1. The molecule has 19 heavy (non-hydrogen) atoms. The molecule has 0 aliphatic heterocycles. The van der Waals surface area contributed by atoms with Gasteiger partial charge in [0.2, 0.25) is 0 Å². The molecule has 3 nitrogen and oxygen atoms in total. The minimum absolute atomic E-state index is 0.0251. The zero-order valence-corrected chi connectivity index (χ0v) is 12.7. The highest BCUT2D eigenvalue weighted by atomic mass is 35.5.